The average Bonchev–Trinajstić information content (AvgIpc) is 2.29. The minimum absolute atomic E-state index is 0.0549. The largest absolute Gasteiger partial charge is 0.504 e. The van der Waals surface area contributed by atoms with E-state index in [9.17, 15) is 5.11 Å². The van der Waals surface area contributed by atoms with Gasteiger partial charge in [-0.25, -0.2) is 0 Å². The highest BCUT2D eigenvalue weighted by Crippen LogP contribution is 2.34. The molecule has 0 aliphatic carbocycles. The van der Waals surface area contributed by atoms with Crippen molar-refractivity contribution in [3.63, 3.8) is 0 Å². The van der Waals surface area contributed by atoms with Gasteiger partial charge in [-0.1, -0.05) is 44.0 Å². The molecular weight excluding hydrogens is 340 g/mol. The molecule has 0 bridgehead atoms. The lowest BCUT2D eigenvalue weighted by atomic mass is 10.1. The molecule has 2 rings (SSSR count). The molecule has 1 aromatic carbocycles. The quantitative estimate of drug-likeness (QED) is 0.621. The first-order chi connectivity index (χ1) is 7.69. The number of hydrogen-bond donors (Lipinski definition) is 1. The molecule has 1 aliphatic heterocycles. The predicted octanol–water partition coefficient (Wildman–Crippen LogP) is 3.42. The summed E-state index contributed by atoms with van der Waals surface area (Å²) in [5, 5.41) is 11.4. The fraction of sp³-hybridized carbons (Fsp3) is 0.455. The number of fused-ring (bicyclic) bond motifs is 1. The van der Waals surface area contributed by atoms with Crippen LogP contribution in [-0.2, 0) is 11.3 Å². The fourth-order valence-corrected chi connectivity index (χ4v) is 1.30. The predicted molar refractivity (Wildman–Crippen MR) is 70.6 cm³/mol. The zero-order chi connectivity index (χ0) is 12.0. The van der Waals surface area contributed by atoms with Crippen LogP contribution in [0.2, 0.25) is 0 Å². The third-order valence-corrected chi connectivity index (χ3v) is 3.81. The second-order valence-corrected chi connectivity index (χ2v) is 4.92. The molecule has 1 atom stereocenters. The highest BCUT2D eigenvalue weighted by atomic mass is 79.9. The average molecular weight is 354 g/mol. The van der Waals surface area contributed by atoms with Gasteiger partial charge in [0, 0.05) is 22.6 Å². The Morgan fingerprint density at radius 2 is 2.06 bits per heavy atom. The van der Waals surface area contributed by atoms with E-state index in [0.717, 1.165) is 22.6 Å². The molecule has 1 aromatic rings. The van der Waals surface area contributed by atoms with Crippen molar-refractivity contribution < 1.29 is 14.9 Å². The summed E-state index contributed by atoms with van der Waals surface area (Å²) >= 11 is 6.40. The Morgan fingerprint density at radius 3 is 2.69 bits per heavy atom. The number of phenolic OH excluding ortho intramolecular Hbond substituents is 1. The van der Waals surface area contributed by atoms with E-state index in [1.165, 1.54) is 0 Å². The number of rotatable bonds is 1. The van der Waals surface area contributed by atoms with E-state index < -0.39 is 0 Å². The van der Waals surface area contributed by atoms with Gasteiger partial charge in [-0.05, 0) is 13.0 Å². The molecule has 1 N–H and O–H groups in total. The van der Waals surface area contributed by atoms with Crippen LogP contribution >= 0.6 is 31.9 Å². The molecular formula is C11H14Br2O3. The summed E-state index contributed by atoms with van der Waals surface area (Å²) in [7, 11) is 0. The standard InChI is InChI=1S/C9H10O3.C2H4Br2/c1-6-5-7-3-2-4-8(10)9(7)12-11-6;3-1-2-4/h2-4,6,10H,5H2,1H3;1-2H2. The number of halogens is 2. The Labute approximate surface area is 112 Å². The Kier molecular flexibility index (Phi) is 6.16. The molecule has 0 saturated heterocycles. The number of phenols is 1. The maximum atomic E-state index is 9.34. The van der Waals surface area contributed by atoms with Crippen LogP contribution in [0.3, 0.4) is 0 Å². The molecule has 1 heterocycles. The van der Waals surface area contributed by atoms with Crippen LogP contribution in [0.5, 0.6) is 11.5 Å². The van der Waals surface area contributed by atoms with Crippen molar-refractivity contribution in [2.75, 3.05) is 10.7 Å². The summed E-state index contributed by atoms with van der Waals surface area (Å²) in [6, 6.07) is 5.31. The van der Waals surface area contributed by atoms with Gasteiger partial charge in [-0.3, -0.25) is 0 Å². The van der Waals surface area contributed by atoms with Gasteiger partial charge in [-0.15, -0.1) is 0 Å². The van der Waals surface area contributed by atoms with Crippen LogP contribution in [-0.4, -0.2) is 21.9 Å². The van der Waals surface area contributed by atoms with E-state index in [4.69, 9.17) is 9.78 Å². The molecule has 0 aromatic heterocycles. The molecule has 5 heteroatoms. The number of aromatic hydroxyl groups is 1. The third-order valence-electron chi connectivity index (χ3n) is 1.95. The summed E-state index contributed by atoms with van der Waals surface area (Å²) in [6.07, 6.45) is 0.836. The van der Waals surface area contributed by atoms with Crippen LogP contribution in [0.1, 0.15) is 12.5 Å². The smallest absolute Gasteiger partial charge is 0.210 e. The van der Waals surface area contributed by atoms with Gasteiger partial charge < -0.3 is 9.99 Å². The number of alkyl halides is 2. The number of hydrogen-bond acceptors (Lipinski definition) is 3. The van der Waals surface area contributed by atoms with E-state index in [2.05, 4.69) is 31.9 Å². The Balaban J connectivity index is 0.000000280. The normalized spacial score (nSPS) is 17.8. The molecule has 0 fully saturated rings. The van der Waals surface area contributed by atoms with Crippen molar-refractivity contribution in [2.24, 2.45) is 0 Å². The van der Waals surface area contributed by atoms with Gasteiger partial charge in [0.05, 0.1) is 0 Å². The Bertz CT molecular complexity index is 329. The Hall–Kier alpha value is -0.260. The highest BCUT2D eigenvalue weighted by Gasteiger charge is 2.19. The van der Waals surface area contributed by atoms with E-state index in [0.29, 0.717) is 5.75 Å². The molecule has 0 spiro atoms. The number of para-hydroxylation sites is 1. The van der Waals surface area contributed by atoms with Crippen molar-refractivity contribution in [1.82, 2.24) is 0 Å². The van der Waals surface area contributed by atoms with E-state index in [1.54, 1.807) is 12.1 Å². The highest BCUT2D eigenvalue weighted by molar-refractivity contribution is 9.11. The first kappa shape index (κ1) is 13.8. The summed E-state index contributed by atoms with van der Waals surface area (Å²) in [6.45, 7) is 1.92. The molecule has 0 saturated carbocycles. The maximum Gasteiger partial charge on any atom is 0.210 e. The van der Waals surface area contributed by atoms with Gasteiger partial charge in [-0.2, -0.15) is 4.89 Å². The minimum atomic E-state index is 0.0549. The van der Waals surface area contributed by atoms with Crippen LogP contribution in [0.15, 0.2) is 18.2 Å². The van der Waals surface area contributed by atoms with E-state index in [-0.39, 0.29) is 11.9 Å². The first-order valence-electron chi connectivity index (χ1n) is 4.95. The van der Waals surface area contributed by atoms with Crippen LogP contribution in [0.4, 0.5) is 0 Å². The Morgan fingerprint density at radius 1 is 1.38 bits per heavy atom. The van der Waals surface area contributed by atoms with Gasteiger partial charge >= 0.3 is 0 Å². The van der Waals surface area contributed by atoms with Crippen molar-refractivity contribution in [3.05, 3.63) is 23.8 Å². The molecule has 90 valence electrons. The zero-order valence-corrected chi connectivity index (χ0v) is 12.1. The molecule has 0 amide bonds. The van der Waals surface area contributed by atoms with Gasteiger partial charge in [0.2, 0.25) is 5.75 Å². The number of benzene rings is 1. The minimum Gasteiger partial charge on any atom is -0.504 e. The fourth-order valence-electron chi connectivity index (χ4n) is 1.30. The molecule has 0 radical (unpaired) electrons. The maximum absolute atomic E-state index is 9.34. The lowest BCUT2D eigenvalue weighted by Gasteiger charge is -2.21. The second-order valence-electron chi connectivity index (χ2n) is 3.34. The van der Waals surface area contributed by atoms with Crippen molar-refractivity contribution >= 4 is 31.9 Å². The monoisotopic (exact) mass is 352 g/mol. The molecule has 16 heavy (non-hydrogen) atoms. The van der Waals surface area contributed by atoms with Crippen LogP contribution in [0, 0.1) is 0 Å². The summed E-state index contributed by atoms with van der Waals surface area (Å²) in [5.74, 6) is 0.593. The molecule has 1 aliphatic rings. The second kappa shape index (κ2) is 7.14. The van der Waals surface area contributed by atoms with Gasteiger partial charge in [0.1, 0.15) is 6.10 Å². The molecule has 3 nitrogen and oxygen atoms in total. The lowest BCUT2D eigenvalue weighted by Crippen LogP contribution is -2.20. The van der Waals surface area contributed by atoms with Gasteiger partial charge in [0.25, 0.3) is 0 Å². The van der Waals surface area contributed by atoms with E-state index in [1.807, 2.05) is 13.0 Å². The SMILES string of the molecule is BrCCBr.CC1Cc2cccc(O)c2OO1. The van der Waals surface area contributed by atoms with E-state index >= 15 is 0 Å². The summed E-state index contributed by atoms with van der Waals surface area (Å²) in [4.78, 5) is 9.84. The van der Waals surface area contributed by atoms with Gasteiger partial charge in [0.15, 0.2) is 5.75 Å². The first-order valence-corrected chi connectivity index (χ1v) is 7.19. The molecule has 1 unspecified atom stereocenters. The topological polar surface area (TPSA) is 38.7 Å². The zero-order valence-electron chi connectivity index (χ0n) is 8.95. The van der Waals surface area contributed by atoms with Crippen molar-refractivity contribution in [3.8, 4) is 11.5 Å². The lowest BCUT2D eigenvalue weighted by molar-refractivity contribution is -0.250. The van der Waals surface area contributed by atoms with Crippen LogP contribution in [0.25, 0.3) is 0 Å². The third kappa shape index (κ3) is 3.96. The summed E-state index contributed by atoms with van der Waals surface area (Å²) in [5.41, 5.74) is 0.994. The van der Waals surface area contributed by atoms with Crippen molar-refractivity contribution in [1.29, 1.82) is 0 Å². The summed E-state index contributed by atoms with van der Waals surface area (Å²) < 4.78 is 0. The van der Waals surface area contributed by atoms with Crippen LogP contribution < -0.4 is 4.89 Å². The van der Waals surface area contributed by atoms with Crippen molar-refractivity contribution in [2.45, 2.75) is 19.4 Å².